The summed E-state index contributed by atoms with van der Waals surface area (Å²) in [6.07, 6.45) is 0. The molecular weight excluding hydrogens is 342 g/mol. The second-order valence-electron chi connectivity index (χ2n) is 6.80. The van der Waals surface area contributed by atoms with Crippen LogP contribution in [0.25, 0.3) is 0 Å². The van der Waals surface area contributed by atoms with E-state index in [4.69, 9.17) is 4.74 Å². The van der Waals surface area contributed by atoms with Gasteiger partial charge in [-0.3, -0.25) is 14.5 Å². The molecule has 6 nitrogen and oxygen atoms in total. The molecule has 1 heterocycles. The van der Waals surface area contributed by atoms with Gasteiger partial charge in [-0.1, -0.05) is 35.9 Å². The third kappa shape index (κ3) is 5.31. The molecule has 2 aromatic carbocycles. The number of carbonyl (C=O) groups excluding carboxylic acids is 2. The van der Waals surface area contributed by atoms with Crippen LogP contribution in [0.4, 0.5) is 5.69 Å². The maximum Gasteiger partial charge on any atom is 0.238 e. The van der Waals surface area contributed by atoms with Crippen molar-refractivity contribution in [3.05, 3.63) is 59.7 Å². The van der Waals surface area contributed by atoms with Gasteiger partial charge in [0, 0.05) is 31.4 Å². The Balaban J connectivity index is 1.50. The quantitative estimate of drug-likeness (QED) is 0.851. The first-order chi connectivity index (χ1) is 13.0. The van der Waals surface area contributed by atoms with Crippen molar-refractivity contribution in [1.29, 1.82) is 0 Å². The lowest BCUT2D eigenvalue weighted by molar-refractivity contribution is -0.137. The normalized spacial score (nSPS) is 14.9. The van der Waals surface area contributed by atoms with Gasteiger partial charge in [-0.25, -0.2) is 0 Å². The maximum atomic E-state index is 12.5. The lowest BCUT2D eigenvalue weighted by Gasteiger charge is -2.34. The molecular formula is C21H25N3O3. The average molecular weight is 367 g/mol. The molecule has 142 valence electrons. The van der Waals surface area contributed by atoms with Gasteiger partial charge in [0.2, 0.25) is 11.8 Å². The van der Waals surface area contributed by atoms with Crippen molar-refractivity contribution < 1.29 is 14.3 Å². The van der Waals surface area contributed by atoms with Crippen LogP contribution >= 0.6 is 0 Å². The summed E-state index contributed by atoms with van der Waals surface area (Å²) in [4.78, 5) is 28.5. The highest BCUT2D eigenvalue weighted by Gasteiger charge is 2.25. The largest absolute Gasteiger partial charge is 0.497 e. The van der Waals surface area contributed by atoms with Gasteiger partial charge in [0.15, 0.2) is 0 Å². The Labute approximate surface area is 159 Å². The molecule has 0 bridgehead atoms. The van der Waals surface area contributed by atoms with Crippen molar-refractivity contribution in [2.24, 2.45) is 0 Å². The number of benzene rings is 2. The zero-order chi connectivity index (χ0) is 19.2. The summed E-state index contributed by atoms with van der Waals surface area (Å²) in [5.74, 6) is 0.605. The van der Waals surface area contributed by atoms with Crippen molar-refractivity contribution in [3.63, 3.8) is 0 Å². The van der Waals surface area contributed by atoms with Crippen molar-refractivity contribution in [3.8, 4) is 5.75 Å². The smallest absolute Gasteiger partial charge is 0.238 e. The third-order valence-corrected chi connectivity index (χ3v) is 4.57. The zero-order valence-electron chi connectivity index (χ0n) is 15.8. The zero-order valence-corrected chi connectivity index (χ0v) is 15.8. The molecule has 0 saturated carbocycles. The Morgan fingerprint density at radius 3 is 2.70 bits per heavy atom. The van der Waals surface area contributed by atoms with Gasteiger partial charge < -0.3 is 15.0 Å². The minimum atomic E-state index is -0.136. The van der Waals surface area contributed by atoms with Crippen LogP contribution in [0.2, 0.25) is 0 Å². The molecule has 2 aromatic rings. The summed E-state index contributed by atoms with van der Waals surface area (Å²) < 4.78 is 5.16. The molecule has 0 spiro atoms. The Morgan fingerprint density at radius 2 is 1.96 bits per heavy atom. The summed E-state index contributed by atoms with van der Waals surface area (Å²) in [5.41, 5.74) is 3.00. The molecule has 0 atom stereocenters. The lowest BCUT2D eigenvalue weighted by atomic mass is 10.1. The van der Waals surface area contributed by atoms with Crippen molar-refractivity contribution in [2.45, 2.75) is 13.5 Å². The molecule has 0 aliphatic carbocycles. The van der Waals surface area contributed by atoms with Gasteiger partial charge in [0.1, 0.15) is 5.75 Å². The van der Waals surface area contributed by atoms with E-state index in [1.54, 1.807) is 13.2 Å². The van der Waals surface area contributed by atoms with Crippen LogP contribution in [0, 0.1) is 6.92 Å². The monoisotopic (exact) mass is 367 g/mol. The van der Waals surface area contributed by atoms with Crippen LogP contribution in [0.1, 0.15) is 11.1 Å². The fourth-order valence-corrected chi connectivity index (χ4v) is 3.19. The number of nitrogens with one attached hydrogen (secondary N) is 1. The predicted octanol–water partition coefficient (Wildman–Crippen LogP) is 2.29. The van der Waals surface area contributed by atoms with Crippen LogP contribution in [0.15, 0.2) is 48.5 Å². The fourth-order valence-electron chi connectivity index (χ4n) is 3.19. The van der Waals surface area contributed by atoms with E-state index in [0.717, 1.165) is 5.56 Å². The highest BCUT2D eigenvalue weighted by molar-refractivity contribution is 5.93. The van der Waals surface area contributed by atoms with Gasteiger partial charge >= 0.3 is 0 Å². The number of rotatable bonds is 6. The van der Waals surface area contributed by atoms with E-state index >= 15 is 0 Å². The van der Waals surface area contributed by atoms with Crippen molar-refractivity contribution in [2.75, 3.05) is 38.6 Å². The number of anilines is 1. The SMILES string of the molecule is COc1cccc(NC(=O)CN2CCN(Cc3cccc(C)c3)C(=O)C2)c1. The molecule has 0 unspecified atom stereocenters. The van der Waals surface area contributed by atoms with Crippen LogP contribution in [-0.2, 0) is 16.1 Å². The Kier molecular flexibility index (Phi) is 6.08. The van der Waals surface area contributed by atoms with E-state index < -0.39 is 0 Å². The van der Waals surface area contributed by atoms with Gasteiger partial charge in [-0.15, -0.1) is 0 Å². The van der Waals surface area contributed by atoms with Gasteiger partial charge in [-0.05, 0) is 24.6 Å². The third-order valence-electron chi connectivity index (χ3n) is 4.57. The number of ether oxygens (including phenoxy) is 1. The molecule has 1 saturated heterocycles. The number of nitrogens with zero attached hydrogens (tertiary/aromatic N) is 2. The summed E-state index contributed by atoms with van der Waals surface area (Å²) >= 11 is 0. The second-order valence-corrected chi connectivity index (χ2v) is 6.80. The molecule has 0 aromatic heterocycles. The molecule has 1 aliphatic rings. The van der Waals surface area contributed by atoms with Crippen LogP contribution in [0.3, 0.4) is 0 Å². The summed E-state index contributed by atoms with van der Waals surface area (Å²) in [6, 6.07) is 15.4. The fraction of sp³-hybridized carbons (Fsp3) is 0.333. The minimum Gasteiger partial charge on any atom is -0.497 e. The molecule has 6 heteroatoms. The first kappa shape index (κ1) is 18.9. The van der Waals surface area contributed by atoms with E-state index in [9.17, 15) is 9.59 Å². The molecule has 1 aliphatic heterocycles. The summed E-state index contributed by atoms with van der Waals surface area (Å²) in [6.45, 7) is 4.43. The molecule has 1 fully saturated rings. The summed E-state index contributed by atoms with van der Waals surface area (Å²) in [7, 11) is 1.59. The molecule has 3 rings (SSSR count). The highest BCUT2D eigenvalue weighted by atomic mass is 16.5. The maximum absolute atomic E-state index is 12.5. The Morgan fingerprint density at radius 1 is 1.15 bits per heavy atom. The summed E-state index contributed by atoms with van der Waals surface area (Å²) in [5, 5.41) is 2.85. The van der Waals surface area contributed by atoms with Crippen LogP contribution in [-0.4, -0.2) is 54.9 Å². The first-order valence-electron chi connectivity index (χ1n) is 9.03. The molecule has 1 N–H and O–H groups in total. The molecule has 0 radical (unpaired) electrons. The number of amides is 2. The molecule has 27 heavy (non-hydrogen) atoms. The van der Waals surface area contributed by atoms with E-state index in [1.807, 2.05) is 53.1 Å². The number of piperazine rings is 1. The predicted molar refractivity (Wildman–Crippen MR) is 105 cm³/mol. The van der Waals surface area contributed by atoms with E-state index in [2.05, 4.69) is 11.4 Å². The van der Waals surface area contributed by atoms with Gasteiger partial charge in [-0.2, -0.15) is 0 Å². The van der Waals surface area contributed by atoms with E-state index in [0.29, 0.717) is 31.1 Å². The average Bonchev–Trinajstić information content (AvgIpc) is 2.64. The number of hydrogen-bond donors (Lipinski definition) is 1. The number of hydrogen-bond acceptors (Lipinski definition) is 4. The van der Waals surface area contributed by atoms with Gasteiger partial charge in [0.05, 0.1) is 20.2 Å². The van der Waals surface area contributed by atoms with Crippen LogP contribution < -0.4 is 10.1 Å². The second kappa shape index (κ2) is 8.68. The lowest BCUT2D eigenvalue weighted by Crippen LogP contribution is -2.51. The van der Waals surface area contributed by atoms with Crippen molar-refractivity contribution >= 4 is 17.5 Å². The minimum absolute atomic E-state index is 0.0527. The number of aryl methyl sites for hydroxylation is 1. The van der Waals surface area contributed by atoms with E-state index in [-0.39, 0.29) is 24.9 Å². The molecule has 2 amide bonds. The standard InChI is InChI=1S/C21H25N3O3/c1-16-5-3-6-17(11-16)13-24-10-9-23(15-21(24)26)14-20(25)22-18-7-4-8-19(12-18)27-2/h3-8,11-12H,9-10,13-15H2,1-2H3,(H,22,25). The van der Waals surface area contributed by atoms with Crippen LogP contribution in [0.5, 0.6) is 5.75 Å². The topological polar surface area (TPSA) is 61.9 Å². The van der Waals surface area contributed by atoms with Gasteiger partial charge in [0.25, 0.3) is 0 Å². The van der Waals surface area contributed by atoms with Crippen molar-refractivity contribution in [1.82, 2.24) is 9.80 Å². The number of methoxy groups -OCH3 is 1. The highest BCUT2D eigenvalue weighted by Crippen LogP contribution is 2.17. The Bertz CT molecular complexity index is 822. The Hall–Kier alpha value is -2.86. The number of carbonyl (C=O) groups is 2. The first-order valence-corrected chi connectivity index (χ1v) is 9.03. The van der Waals surface area contributed by atoms with E-state index in [1.165, 1.54) is 5.56 Å².